The number of hydrogen-bond acceptors (Lipinski definition) is 1. The van der Waals surface area contributed by atoms with E-state index in [2.05, 4.69) is 26.1 Å². The number of rotatable bonds is 10. The van der Waals surface area contributed by atoms with Crippen LogP contribution in [-0.2, 0) is 0 Å². The molecule has 96 valence electrons. The molecule has 1 nitrogen and oxygen atoms in total. The molecule has 1 N–H and O–H groups in total. The molecule has 1 rings (SSSR count). The smallest absolute Gasteiger partial charge is 0.00671 e. The van der Waals surface area contributed by atoms with Crippen LogP contribution in [0, 0.1) is 11.8 Å². The molecule has 1 aliphatic rings. The van der Waals surface area contributed by atoms with Crippen LogP contribution in [0.2, 0.25) is 0 Å². The van der Waals surface area contributed by atoms with Crippen molar-refractivity contribution in [3.63, 3.8) is 0 Å². The fourth-order valence-electron chi connectivity index (χ4n) is 2.43. The molecule has 0 radical (unpaired) electrons. The Morgan fingerprint density at radius 1 is 1.12 bits per heavy atom. The molecule has 0 aliphatic heterocycles. The van der Waals surface area contributed by atoms with E-state index >= 15 is 0 Å². The Hall–Kier alpha value is -0.0400. The van der Waals surface area contributed by atoms with E-state index < -0.39 is 0 Å². The lowest BCUT2D eigenvalue weighted by molar-refractivity contribution is 0.365. The van der Waals surface area contributed by atoms with Crippen molar-refractivity contribution < 1.29 is 0 Å². The zero-order valence-corrected chi connectivity index (χ0v) is 11.6. The van der Waals surface area contributed by atoms with E-state index in [-0.39, 0.29) is 0 Å². The molecule has 0 amide bonds. The maximum atomic E-state index is 3.80. The molecule has 16 heavy (non-hydrogen) atoms. The first-order valence-corrected chi connectivity index (χ1v) is 7.53. The van der Waals surface area contributed by atoms with Crippen LogP contribution < -0.4 is 5.32 Å². The fourth-order valence-corrected chi connectivity index (χ4v) is 2.43. The van der Waals surface area contributed by atoms with Crippen molar-refractivity contribution >= 4 is 0 Å². The normalized spacial score (nSPS) is 19.7. The van der Waals surface area contributed by atoms with Gasteiger partial charge in [-0.1, -0.05) is 52.9 Å². The van der Waals surface area contributed by atoms with Gasteiger partial charge in [-0.2, -0.15) is 0 Å². The maximum absolute atomic E-state index is 3.80. The molecule has 0 aromatic rings. The van der Waals surface area contributed by atoms with Gasteiger partial charge >= 0.3 is 0 Å². The van der Waals surface area contributed by atoms with Crippen molar-refractivity contribution in [2.75, 3.05) is 6.54 Å². The summed E-state index contributed by atoms with van der Waals surface area (Å²) in [7, 11) is 0. The minimum absolute atomic E-state index is 0.795. The van der Waals surface area contributed by atoms with Crippen molar-refractivity contribution in [3.05, 3.63) is 0 Å². The summed E-state index contributed by atoms with van der Waals surface area (Å²) in [5.41, 5.74) is 0. The third-order valence-corrected chi connectivity index (χ3v) is 4.05. The van der Waals surface area contributed by atoms with E-state index in [0.29, 0.717) is 0 Å². The minimum atomic E-state index is 0.795. The van der Waals surface area contributed by atoms with Gasteiger partial charge in [-0.3, -0.25) is 0 Å². The lowest BCUT2D eigenvalue weighted by atomic mass is 9.98. The molecule has 1 fully saturated rings. The summed E-state index contributed by atoms with van der Waals surface area (Å²) in [6.07, 6.45) is 11.2. The number of unbranched alkanes of at least 4 members (excludes halogenated alkanes) is 1. The Labute approximate surface area is 102 Å². The van der Waals surface area contributed by atoms with E-state index in [4.69, 9.17) is 0 Å². The van der Waals surface area contributed by atoms with E-state index in [1.807, 2.05) is 0 Å². The first-order valence-electron chi connectivity index (χ1n) is 7.53. The summed E-state index contributed by atoms with van der Waals surface area (Å²) < 4.78 is 0. The molecule has 2 unspecified atom stereocenters. The third kappa shape index (κ3) is 5.89. The molecule has 1 aliphatic carbocycles. The molecule has 0 spiro atoms. The predicted molar refractivity (Wildman–Crippen MR) is 72.7 cm³/mol. The van der Waals surface area contributed by atoms with Crippen LogP contribution in [0.15, 0.2) is 0 Å². The summed E-state index contributed by atoms with van der Waals surface area (Å²) in [5.74, 6) is 1.97. The Morgan fingerprint density at radius 2 is 1.88 bits per heavy atom. The van der Waals surface area contributed by atoms with Gasteiger partial charge in [0.15, 0.2) is 0 Å². The van der Waals surface area contributed by atoms with Gasteiger partial charge in [-0.05, 0) is 37.6 Å². The van der Waals surface area contributed by atoms with Crippen LogP contribution in [-0.4, -0.2) is 12.6 Å². The minimum Gasteiger partial charge on any atom is -0.314 e. The monoisotopic (exact) mass is 225 g/mol. The lowest BCUT2D eigenvalue weighted by Crippen LogP contribution is -2.33. The highest BCUT2D eigenvalue weighted by Gasteiger charge is 2.24. The largest absolute Gasteiger partial charge is 0.314 e. The summed E-state index contributed by atoms with van der Waals surface area (Å²) in [4.78, 5) is 0. The highest BCUT2D eigenvalue weighted by molar-refractivity contribution is 4.80. The van der Waals surface area contributed by atoms with Gasteiger partial charge in [-0.25, -0.2) is 0 Å². The van der Waals surface area contributed by atoms with Gasteiger partial charge in [0.1, 0.15) is 0 Å². The van der Waals surface area contributed by atoms with Crippen molar-refractivity contribution in [1.29, 1.82) is 0 Å². The zero-order valence-electron chi connectivity index (χ0n) is 11.6. The van der Waals surface area contributed by atoms with E-state index in [0.717, 1.165) is 17.9 Å². The Kier molecular flexibility index (Phi) is 7.11. The average molecular weight is 225 g/mol. The van der Waals surface area contributed by atoms with Crippen LogP contribution >= 0.6 is 0 Å². The predicted octanol–water partition coefficient (Wildman–Crippen LogP) is 4.37. The SMILES string of the molecule is CCCCC(CC)CNC(CC)CC1CC1. The second kappa shape index (κ2) is 8.11. The van der Waals surface area contributed by atoms with Crippen LogP contribution in [0.25, 0.3) is 0 Å². The van der Waals surface area contributed by atoms with Crippen molar-refractivity contribution in [1.82, 2.24) is 5.32 Å². The molecule has 0 aromatic carbocycles. The highest BCUT2D eigenvalue weighted by Crippen LogP contribution is 2.34. The fraction of sp³-hybridized carbons (Fsp3) is 1.00. The van der Waals surface area contributed by atoms with Crippen molar-refractivity contribution in [3.8, 4) is 0 Å². The maximum Gasteiger partial charge on any atom is 0.00671 e. The van der Waals surface area contributed by atoms with E-state index in [9.17, 15) is 0 Å². The van der Waals surface area contributed by atoms with Crippen molar-refractivity contribution in [2.45, 2.75) is 78.2 Å². The summed E-state index contributed by atoms with van der Waals surface area (Å²) >= 11 is 0. The van der Waals surface area contributed by atoms with Gasteiger partial charge in [0.05, 0.1) is 0 Å². The molecular weight excluding hydrogens is 194 g/mol. The van der Waals surface area contributed by atoms with Gasteiger partial charge in [-0.15, -0.1) is 0 Å². The molecular formula is C15H31N. The molecule has 0 bridgehead atoms. The van der Waals surface area contributed by atoms with Gasteiger partial charge in [0, 0.05) is 6.04 Å². The van der Waals surface area contributed by atoms with Crippen LogP contribution in [0.5, 0.6) is 0 Å². The van der Waals surface area contributed by atoms with Gasteiger partial charge in [0.25, 0.3) is 0 Å². The zero-order chi connectivity index (χ0) is 11.8. The quantitative estimate of drug-likeness (QED) is 0.582. The molecule has 0 aromatic heterocycles. The number of hydrogen-bond donors (Lipinski definition) is 1. The first kappa shape index (κ1) is 14.0. The van der Waals surface area contributed by atoms with Crippen LogP contribution in [0.3, 0.4) is 0 Å². The summed E-state index contributed by atoms with van der Waals surface area (Å²) in [5, 5.41) is 3.80. The standard InChI is InChI=1S/C15H31N/c1-4-7-8-13(5-2)12-16-15(6-3)11-14-9-10-14/h13-16H,4-12H2,1-3H3. The lowest BCUT2D eigenvalue weighted by Gasteiger charge is -2.21. The van der Waals surface area contributed by atoms with Crippen LogP contribution in [0.4, 0.5) is 0 Å². The Balaban J connectivity index is 2.12. The Bertz CT molecular complexity index is 163. The van der Waals surface area contributed by atoms with Crippen LogP contribution in [0.1, 0.15) is 72.1 Å². The molecule has 0 heterocycles. The molecule has 0 saturated heterocycles. The summed E-state index contributed by atoms with van der Waals surface area (Å²) in [6, 6.07) is 0.795. The highest BCUT2D eigenvalue weighted by atomic mass is 14.9. The topological polar surface area (TPSA) is 12.0 Å². The molecule has 2 atom stereocenters. The second-order valence-electron chi connectivity index (χ2n) is 5.61. The van der Waals surface area contributed by atoms with Gasteiger partial charge in [0.2, 0.25) is 0 Å². The van der Waals surface area contributed by atoms with Crippen molar-refractivity contribution in [2.24, 2.45) is 11.8 Å². The van der Waals surface area contributed by atoms with E-state index in [1.54, 1.807) is 0 Å². The number of nitrogens with one attached hydrogen (secondary N) is 1. The third-order valence-electron chi connectivity index (χ3n) is 4.05. The first-order chi connectivity index (χ1) is 7.80. The second-order valence-corrected chi connectivity index (χ2v) is 5.61. The van der Waals surface area contributed by atoms with E-state index in [1.165, 1.54) is 57.9 Å². The molecule has 1 saturated carbocycles. The molecule has 1 heteroatoms. The van der Waals surface area contributed by atoms with Gasteiger partial charge < -0.3 is 5.32 Å². The summed E-state index contributed by atoms with van der Waals surface area (Å²) in [6.45, 7) is 8.21. The Morgan fingerprint density at radius 3 is 2.38 bits per heavy atom. The average Bonchev–Trinajstić information content (AvgIpc) is 3.11.